The van der Waals surface area contributed by atoms with Crippen molar-refractivity contribution in [3.05, 3.63) is 102 Å². The Bertz CT molecular complexity index is 1830. The van der Waals surface area contributed by atoms with Gasteiger partial charge in [-0.05, 0) is 67.6 Å². The van der Waals surface area contributed by atoms with Gasteiger partial charge >= 0.3 is 5.97 Å². The predicted octanol–water partition coefficient (Wildman–Crippen LogP) is 5.57. The molecule has 214 valence electrons. The highest BCUT2D eigenvalue weighted by Crippen LogP contribution is 2.53. The molecule has 2 aliphatic carbocycles. The normalized spacial score (nSPS) is 21.9. The molecule has 4 unspecified atom stereocenters. The van der Waals surface area contributed by atoms with E-state index >= 15 is 0 Å². The first-order chi connectivity index (χ1) is 20.8. The zero-order chi connectivity index (χ0) is 29.8. The second kappa shape index (κ2) is 10.3. The minimum atomic E-state index is -0.643. The van der Waals surface area contributed by atoms with Crippen molar-refractivity contribution in [3.63, 3.8) is 0 Å². The number of aromatic nitrogens is 1. The summed E-state index contributed by atoms with van der Waals surface area (Å²) in [5, 5.41) is 0.613. The number of nitrogens with zero attached hydrogens (tertiary/aromatic N) is 2. The summed E-state index contributed by atoms with van der Waals surface area (Å²) in [6, 6.07) is 21.0. The van der Waals surface area contributed by atoms with Gasteiger partial charge < -0.3 is 9.47 Å². The van der Waals surface area contributed by atoms with Crippen LogP contribution in [-0.4, -0.2) is 42.3 Å². The molecule has 4 aromatic rings. The van der Waals surface area contributed by atoms with Gasteiger partial charge in [-0.3, -0.25) is 19.3 Å². The fourth-order valence-electron chi connectivity index (χ4n) is 6.68. The maximum atomic E-state index is 13.4. The quantitative estimate of drug-likeness (QED) is 0.123. The first kappa shape index (κ1) is 26.8. The summed E-state index contributed by atoms with van der Waals surface area (Å²) in [7, 11) is 1.52. The Morgan fingerprint density at radius 2 is 1.63 bits per heavy atom. The van der Waals surface area contributed by atoms with E-state index in [0.717, 1.165) is 12.0 Å². The van der Waals surface area contributed by atoms with Gasteiger partial charge in [-0.2, -0.15) is 0 Å². The number of amides is 2. The third-order valence-corrected chi connectivity index (χ3v) is 8.80. The van der Waals surface area contributed by atoms with Crippen LogP contribution in [0.25, 0.3) is 22.2 Å². The van der Waals surface area contributed by atoms with Crippen LogP contribution in [0, 0.1) is 30.6 Å². The second-order valence-corrected chi connectivity index (χ2v) is 11.4. The number of Topliss-reactive ketones (excluding diaryl/α,β-unsaturated/α-hetero) is 1. The Balaban J connectivity index is 1.16. The van der Waals surface area contributed by atoms with Gasteiger partial charge in [0.2, 0.25) is 11.8 Å². The van der Waals surface area contributed by atoms with Crippen molar-refractivity contribution in [1.29, 1.82) is 0 Å². The van der Waals surface area contributed by atoms with E-state index in [9.17, 15) is 19.2 Å². The average Bonchev–Trinajstić information content (AvgIpc) is 3.72. The Kier molecular flexibility index (Phi) is 6.42. The lowest BCUT2D eigenvalue weighted by Gasteiger charge is -2.17. The number of hydrogen-bond donors (Lipinski definition) is 0. The van der Waals surface area contributed by atoms with E-state index in [-0.39, 0.29) is 46.8 Å². The maximum absolute atomic E-state index is 13.4. The maximum Gasteiger partial charge on any atom is 0.339 e. The molecule has 0 N–H and O–H groups in total. The van der Waals surface area contributed by atoms with Crippen molar-refractivity contribution in [2.24, 2.45) is 23.7 Å². The number of carbonyl (C=O) groups excluding carboxylic acids is 4. The van der Waals surface area contributed by atoms with E-state index < -0.39 is 12.6 Å². The molecule has 2 heterocycles. The highest BCUT2D eigenvalue weighted by atomic mass is 16.5. The smallest absolute Gasteiger partial charge is 0.339 e. The standard InChI is InChI=1S/C35H28N2O6/c1-19-6-13-28-26(14-19)27(35(41)43-18-30(38)21-4-3-5-25(16-21)42-2)17-29(36-28)20-9-11-24(12-10-20)37-33(39)31-22-7-8-23(15-22)32(31)34(37)40/h3-14,16-17,22-23,31-32H,15,18H2,1-2H3. The Morgan fingerprint density at radius 1 is 0.907 bits per heavy atom. The van der Waals surface area contributed by atoms with E-state index in [2.05, 4.69) is 12.2 Å². The molecule has 3 aliphatic rings. The molecule has 0 spiro atoms. The van der Waals surface area contributed by atoms with Gasteiger partial charge in [-0.25, -0.2) is 9.78 Å². The first-order valence-electron chi connectivity index (χ1n) is 14.2. The van der Waals surface area contributed by atoms with Crippen molar-refractivity contribution in [3.8, 4) is 17.0 Å². The highest BCUT2D eigenvalue weighted by molar-refractivity contribution is 6.22. The molecule has 2 fully saturated rings. The predicted molar refractivity (Wildman–Crippen MR) is 160 cm³/mol. The number of anilines is 1. The summed E-state index contributed by atoms with van der Waals surface area (Å²) in [6.45, 7) is 1.49. The molecule has 0 radical (unpaired) electrons. The summed E-state index contributed by atoms with van der Waals surface area (Å²) >= 11 is 0. The molecule has 8 heteroatoms. The van der Waals surface area contributed by atoms with Gasteiger partial charge in [-0.15, -0.1) is 0 Å². The molecule has 7 rings (SSSR count). The van der Waals surface area contributed by atoms with E-state index in [0.29, 0.717) is 39.2 Å². The molecule has 3 aromatic carbocycles. The lowest BCUT2D eigenvalue weighted by atomic mass is 9.85. The van der Waals surface area contributed by atoms with Crippen LogP contribution in [0.4, 0.5) is 5.69 Å². The number of ketones is 1. The largest absolute Gasteiger partial charge is 0.497 e. The van der Waals surface area contributed by atoms with Crippen LogP contribution in [0.3, 0.4) is 0 Å². The van der Waals surface area contributed by atoms with E-state index in [4.69, 9.17) is 14.5 Å². The molecule has 1 aliphatic heterocycles. The van der Waals surface area contributed by atoms with Crippen LogP contribution >= 0.6 is 0 Å². The number of rotatable bonds is 7. The minimum absolute atomic E-state index is 0.132. The van der Waals surface area contributed by atoms with Crippen LogP contribution in [0.15, 0.2) is 84.9 Å². The van der Waals surface area contributed by atoms with Gasteiger partial charge in [0.05, 0.1) is 41.4 Å². The Hall–Kier alpha value is -5.11. The number of carbonyl (C=O) groups is 4. The molecule has 2 amide bonds. The van der Waals surface area contributed by atoms with Gasteiger partial charge in [0, 0.05) is 16.5 Å². The third kappa shape index (κ3) is 4.50. The highest BCUT2D eigenvalue weighted by Gasteiger charge is 2.59. The topological polar surface area (TPSA) is 103 Å². The Morgan fingerprint density at radius 3 is 2.33 bits per heavy atom. The van der Waals surface area contributed by atoms with Crippen LogP contribution in [0.2, 0.25) is 0 Å². The van der Waals surface area contributed by atoms with Gasteiger partial charge in [0.1, 0.15) is 5.75 Å². The molecule has 43 heavy (non-hydrogen) atoms. The van der Waals surface area contributed by atoms with E-state index in [1.165, 1.54) is 12.0 Å². The SMILES string of the molecule is COc1cccc(C(=O)COC(=O)c2cc(-c3ccc(N4C(=O)C5C6C=CC(C6)C5C4=O)cc3)nc3ccc(C)cc23)c1. The molecule has 1 aromatic heterocycles. The van der Waals surface area contributed by atoms with Crippen molar-refractivity contribution >= 4 is 40.2 Å². The van der Waals surface area contributed by atoms with Crippen molar-refractivity contribution in [2.75, 3.05) is 18.6 Å². The number of allylic oxidation sites excluding steroid dienone is 2. The van der Waals surface area contributed by atoms with Crippen molar-refractivity contribution in [2.45, 2.75) is 13.3 Å². The monoisotopic (exact) mass is 572 g/mol. The Labute approximate surface area is 247 Å². The van der Waals surface area contributed by atoms with Crippen molar-refractivity contribution < 1.29 is 28.7 Å². The number of methoxy groups -OCH3 is 1. The molecule has 4 atom stereocenters. The number of hydrogen-bond acceptors (Lipinski definition) is 7. The number of pyridine rings is 1. The van der Waals surface area contributed by atoms with Crippen LogP contribution in [0.1, 0.15) is 32.7 Å². The summed E-state index contributed by atoms with van der Waals surface area (Å²) in [5.41, 5.74) is 3.96. The second-order valence-electron chi connectivity index (χ2n) is 11.4. The molecule has 2 bridgehead atoms. The average molecular weight is 573 g/mol. The lowest BCUT2D eigenvalue weighted by Crippen LogP contribution is -2.32. The minimum Gasteiger partial charge on any atom is -0.497 e. The van der Waals surface area contributed by atoms with Crippen LogP contribution in [-0.2, 0) is 14.3 Å². The molecule has 8 nitrogen and oxygen atoms in total. The summed E-state index contributed by atoms with van der Waals surface area (Å²) < 4.78 is 10.7. The number of aryl methyl sites for hydroxylation is 1. The zero-order valence-corrected chi connectivity index (χ0v) is 23.7. The third-order valence-electron chi connectivity index (χ3n) is 8.80. The fraction of sp³-hybridized carbons (Fsp3) is 0.229. The summed E-state index contributed by atoms with van der Waals surface area (Å²) in [4.78, 5) is 58.7. The lowest BCUT2D eigenvalue weighted by molar-refractivity contribution is -0.123. The number of imide groups is 1. The fourth-order valence-corrected chi connectivity index (χ4v) is 6.68. The van der Waals surface area contributed by atoms with Gasteiger partial charge in [-0.1, -0.05) is 48.0 Å². The molecule has 1 saturated heterocycles. The molecular weight excluding hydrogens is 544 g/mol. The van der Waals surface area contributed by atoms with Gasteiger partial charge in [0.15, 0.2) is 12.4 Å². The molecule has 1 saturated carbocycles. The van der Waals surface area contributed by atoms with Crippen molar-refractivity contribution in [1.82, 2.24) is 4.98 Å². The van der Waals surface area contributed by atoms with E-state index in [1.807, 2.05) is 25.1 Å². The number of ether oxygens (including phenoxy) is 2. The van der Waals surface area contributed by atoms with Gasteiger partial charge in [0.25, 0.3) is 0 Å². The number of fused-ring (bicyclic) bond motifs is 6. The summed E-state index contributed by atoms with van der Waals surface area (Å²) in [5.74, 6) is -0.968. The molecular formula is C35H28N2O6. The zero-order valence-electron chi connectivity index (χ0n) is 23.7. The number of esters is 1. The summed E-state index contributed by atoms with van der Waals surface area (Å²) in [6.07, 6.45) is 5.04. The number of benzene rings is 3. The van der Waals surface area contributed by atoms with Crippen LogP contribution < -0.4 is 9.64 Å². The van der Waals surface area contributed by atoms with Crippen LogP contribution in [0.5, 0.6) is 5.75 Å². The first-order valence-corrected chi connectivity index (χ1v) is 14.2. The van der Waals surface area contributed by atoms with E-state index in [1.54, 1.807) is 54.6 Å².